The third kappa shape index (κ3) is 5.22. The minimum absolute atomic E-state index is 0.561. The van der Waals surface area contributed by atoms with Crippen molar-refractivity contribution in [2.75, 3.05) is 0 Å². The molecule has 0 saturated heterocycles. The summed E-state index contributed by atoms with van der Waals surface area (Å²) in [4.78, 5) is 9.94. The molecule has 56 heavy (non-hydrogen) atoms. The fourth-order valence-corrected chi connectivity index (χ4v) is 8.65. The van der Waals surface area contributed by atoms with E-state index in [1.807, 2.05) is 19.9 Å². The number of aryl methyl sites for hydroxylation is 4. The van der Waals surface area contributed by atoms with Gasteiger partial charge in [0.25, 0.3) is 0 Å². The molecule has 0 unspecified atom stereocenters. The van der Waals surface area contributed by atoms with Gasteiger partial charge in [-0.3, -0.25) is 0 Å². The van der Waals surface area contributed by atoms with Crippen LogP contribution >= 0.6 is 0 Å². The van der Waals surface area contributed by atoms with Crippen LogP contribution < -0.4 is 0 Å². The second-order valence-corrected chi connectivity index (χ2v) is 14.8. The summed E-state index contributed by atoms with van der Waals surface area (Å²) in [5.41, 5.74) is 15.8. The maximum Gasteiger partial charge on any atom is 0.159 e. The normalized spacial score (nSPS) is 11.6. The number of rotatable bonds is 5. The van der Waals surface area contributed by atoms with E-state index in [0.29, 0.717) is 11.4 Å². The maximum absolute atomic E-state index is 11.5. The van der Waals surface area contributed by atoms with E-state index in [0.717, 1.165) is 83.1 Å². The minimum atomic E-state index is 0.561. The molecule has 0 aliphatic rings. The molecule has 0 aliphatic carbocycles. The quantitative estimate of drug-likeness (QED) is 0.178. The van der Waals surface area contributed by atoms with Crippen LogP contribution in [-0.4, -0.2) is 19.1 Å². The Morgan fingerprint density at radius 3 is 1.32 bits per heavy atom. The van der Waals surface area contributed by atoms with Gasteiger partial charge in [0, 0.05) is 38.5 Å². The van der Waals surface area contributed by atoms with Gasteiger partial charge in [0.05, 0.1) is 33.4 Å². The Morgan fingerprint density at radius 1 is 0.429 bits per heavy atom. The van der Waals surface area contributed by atoms with Crippen LogP contribution in [0.5, 0.6) is 0 Å². The molecule has 0 atom stereocenters. The van der Waals surface area contributed by atoms with Crippen LogP contribution in [-0.2, 0) is 0 Å². The monoisotopic (exact) mass is 719 g/mol. The lowest BCUT2D eigenvalue weighted by Gasteiger charge is -2.18. The van der Waals surface area contributed by atoms with Crippen molar-refractivity contribution in [3.63, 3.8) is 0 Å². The molecule has 0 fully saturated rings. The molecule has 10 aromatic rings. The molecule has 266 valence electrons. The van der Waals surface area contributed by atoms with Crippen LogP contribution in [0.2, 0.25) is 0 Å². The zero-order valence-electron chi connectivity index (χ0n) is 31.7. The van der Waals surface area contributed by atoms with Gasteiger partial charge in [0.15, 0.2) is 5.82 Å². The summed E-state index contributed by atoms with van der Waals surface area (Å²) in [6.07, 6.45) is 0. The van der Waals surface area contributed by atoms with E-state index in [-0.39, 0.29) is 0 Å². The van der Waals surface area contributed by atoms with E-state index in [9.17, 15) is 5.26 Å². The van der Waals surface area contributed by atoms with Crippen molar-refractivity contribution in [3.05, 3.63) is 180 Å². The van der Waals surface area contributed by atoms with Gasteiger partial charge in [-0.25, -0.2) is 9.97 Å². The summed E-state index contributed by atoms with van der Waals surface area (Å²) in [5, 5.41) is 16.0. The predicted octanol–water partition coefficient (Wildman–Crippen LogP) is 12.8. The van der Waals surface area contributed by atoms with Crippen molar-refractivity contribution in [2.45, 2.75) is 27.7 Å². The average molecular weight is 720 g/mol. The van der Waals surface area contributed by atoms with Gasteiger partial charge in [-0.1, -0.05) is 109 Å². The lowest BCUT2D eigenvalue weighted by molar-refractivity contribution is 1.05. The molecule has 3 heterocycles. The van der Waals surface area contributed by atoms with E-state index < -0.39 is 0 Å². The van der Waals surface area contributed by atoms with E-state index in [2.05, 4.69) is 175 Å². The summed E-state index contributed by atoms with van der Waals surface area (Å²) in [7, 11) is 0. The number of para-hydroxylation sites is 2. The third-order valence-electron chi connectivity index (χ3n) is 11.2. The average Bonchev–Trinajstić information content (AvgIpc) is 3.72. The molecule has 5 nitrogen and oxygen atoms in total. The lowest BCUT2D eigenvalue weighted by atomic mass is 9.99. The second kappa shape index (κ2) is 12.9. The van der Waals surface area contributed by atoms with Gasteiger partial charge in [0.1, 0.15) is 11.6 Å². The molecule has 0 saturated carbocycles. The Hall–Kier alpha value is -7.29. The predicted molar refractivity (Wildman–Crippen MR) is 231 cm³/mol. The first kappa shape index (κ1) is 33.3. The molecular weight excluding hydrogens is 683 g/mol. The summed E-state index contributed by atoms with van der Waals surface area (Å²) in [5.74, 6) is 0.622. The number of fused-ring (bicyclic) bond motifs is 6. The van der Waals surface area contributed by atoms with Gasteiger partial charge >= 0.3 is 0 Å². The Balaban J connectivity index is 1.36. The highest BCUT2D eigenvalue weighted by Crippen LogP contribution is 2.42. The number of aromatic nitrogens is 4. The number of benzene rings is 7. The van der Waals surface area contributed by atoms with Gasteiger partial charge in [0.2, 0.25) is 0 Å². The van der Waals surface area contributed by atoms with Crippen molar-refractivity contribution in [1.82, 2.24) is 19.1 Å². The minimum Gasteiger partial charge on any atom is -0.308 e. The Kier molecular flexibility index (Phi) is 7.69. The summed E-state index contributed by atoms with van der Waals surface area (Å²) < 4.78 is 4.54. The van der Waals surface area contributed by atoms with E-state index in [4.69, 9.17) is 9.97 Å². The molecule has 0 amide bonds. The molecule has 0 aliphatic heterocycles. The van der Waals surface area contributed by atoms with Crippen molar-refractivity contribution >= 4 is 43.6 Å². The Morgan fingerprint density at radius 2 is 0.857 bits per heavy atom. The topological polar surface area (TPSA) is 59.4 Å². The lowest BCUT2D eigenvalue weighted by Crippen LogP contribution is -2.06. The van der Waals surface area contributed by atoms with E-state index in [1.165, 1.54) is 22.3 Å². The smallest absolute Gasteiger partial charge is 0.159 e. The first-order valence-electron chi connectivity index (χ1n) is 19.0. The highest BCUT2D eigenvalue weighted by atomic mass is 15.0. The highest BCUT2D eigenvalue weighted by Gasteiger charge is 2.24. The number of nitriles is 1. The number of hydrogen-bond acceptors (Lipinski definition) is 3. The first-order chi connectivity index (χ1) is 27.4. The molecule has 3 aromatic heterocycles. The molecule has 7 aromatic carbocycles. The fourth-order valence-electron chi connectivity index (χ4n) is 8.65. The SMILES string of the molecule is Cc1cc(C)nc(-c2cc(-n3c4ccccc4c4ccc(-c5ccccc5C)cc43)c(C#N)c(-n3c4ccccc4c4ccc(-c5ccccc5C)cc43)c2)n1. The van der Waals surface area contributed by atoms with Crippen molar-refractivity contribution in [3.8, 4) is 51.1 Å². The van der Waals surface area contributed by atoms with Crippen LogP contribution in [0.15, 0.2) is 152 Å². The summed E-state index contributed by atoms with van der Waals surface area (Å²) in [6, 6.07) is 56.3. The van der Waals surface area contributed by atoms with Gasteiger partial charge in [-0.15, -0.1) is 0 Å². The second-order valence-electron chi connectivity index (χ2n) is 14.8. The first-order valence-corrected chi connectivity index (χ1v) is 19.0. The largest absolute Gasteiger partial charge is 0.308 e. The van der Waals surface area contributed by atoms with Gasteiger partial charge in [-0.05, 0) is 104 Å². The van der Waals surface area contributed by atoms with Crippen molar-refractivity contribution < 1.29 is 0 Å². The van der Waals surface area contributed by atoms with Crippen molar-refractivity contribution in [1.29, 1.82) is 5.26 Å². The van der Waals surface area contributed by atoms with Gasteiger partial charge < -0.3 is 9.13 Å². The van der Waals surface area contributed by atoms with E-state index in [1.54, 1.807) is 0 Å². The Bertz CT molecular complexity index is 3060. The van der Waals surface area contributed by atoms with Crippen LogP contribution in [0.3, 0.4) is 0 Å². The zero-order chi connectivity index (χ0) is 38.1. The molecule has 10 rings (SSSR count). The van der Waals surface area contributed by atoms with Gasteiger partial charge in [-0.2, -0.15) is 5.26 Å². The fraction of sp³-hybridized carbons (Fsp3) is 0.0784. The number of nitrogens with zero attached hydrogens (tertiary/aromatic N) is 5. The van der Waals surface area contributed by atoms with Crippen LogP contribution in [0.1, 0.15) is 28.1 Å². The maximum atomic E-state index is 11.5. The molecule has 5 heteroatoms. The Labute approximate surface area is 325 Å². The van der Waals surface area contributed by atoms with Crippen LogP contribution in [0, 0.1) is 39.0 Å². The molecular formula is C51H37N5. The standard InChI is InChI=1S/C51H37N5/c1-31-13-5-7-15-38(31)35-21-23-42-40-17-9-11-19-45(40)55(47(42)26-35)49-28-37(51-53-33(3)25-34(4)54-51)29-50(44(49)30-52)56-46-20-12-10-18-41(46)43-24-22-36(27-48(43)56)39-16-8-6-14-32(39)2/h5-29H,1-4H3. The molecule has 0 N–H and O–H groups in total. The highest BCUT2D eigenvalue weighted by molar-refractivity contribution is 6.12. The van der Waals surface area contributed by atoms with Crippen LogP contribution in [0.4, 0.5) is 0 Å². The number of hydrogen-bond donors (Lipinski definition) is 0. The van der Waals surface area contributed by atoms with E-state index >= 15 is 0 Å². The summed E-state index contributed by atoms with van der Waals surface area (Å²) in [6.45, 7) is 8.31. The molecule has 0 radical (unpaired) electrons. The zero-order valence-corrected chi connectivity index (χ0v) is 31.7. The van der Waals surface area contributed by atoms with Crippen molar-refractivity contribution in [2.24, 2.45) is 0 Å². The third-order valence-corrected chi connectivity index (χ3v) is 11.2. The molecule has 0 spiro atoms. The van der Waals surface area contributed by atoms with Crippen LogP contribution in [0.25, 0.3) is 88.6 Å². The molecule has 0 bridgehead atoms. The summed E-state index contributed by atoms with van der Waals surface area (Å²) >= 11 is 0.